The third-order valence-electron chi connectivity index (χ3n) is 6.50. The fraction of sp³-hybridized carbons (Fsp3) is 0.480. The lowest BCUT2D eigenvalue weighted by atomic mass is 9.74. The van der Waals surface area contributed by atoms with Gasteiger partial charge < -0.3 is 15.6 Å². The van der Waals surface area contributed by atoms with Crippen LogP contribution in [0.5, 0.6) is 0 Å². The normalized spacial score (nSPS) is 19.1. The molecule has 0 spiro atoms. The van der Waals surface area contributed by atoms with Crippen molar-refractivity contribution < 1.29 is 4.79 Å². The van der Waals surface area contributed by atoms with Gasteiger partial charge >= 0.3 is 0 Å². The molecule has 0 bridgehead atoms. The van der Waals surface area contributed by atoms with Crippen LogP contribution in [0.15, 0.2) is 31.0 Å². The monoisotopic (exact) mass is 391 g/mol. The molecule has 1 saturated carbocycles. The van der Waals surface area contributed by atoms with Gasteiger partial charge in [-0.1, -0.05) is 39.7 Å². The molecule has 1 aromatic carbocycles. The highest BCUT2D eigenvalue weighted by molar-refractivity contribution is 5.99. The average Bonchev–Trinajstić information content (AvgIpc) is 2.97. The number of aromatic nitrogens is 1. The summed E-state index contributed by atoms with van der Waals surface area (Å²) in [6, 6.07) is 6.39. The van der Waals surface area contributed by atoms with E-state index in [1.165, 1.54) is 41.7 Å². The van der Waals surface area contributed by atoms with E-state index in [0.29, 0.717) is 11.6 Å². The fourth-order valence-corrected chi connectivity index (χ4v) is 5.24. The summed E-state index contributed by atoms with van der Waals surface area (Å²) < 4.78 is 2.29. The second-order valence-electron chi connectivity index (χ2n) is 9.70. The molecule has 4 nitrogen and oxygen atoms in total. The predicted molar refractivity (Wildman–Crippen MR) is 121 cm³/mol. The van der Waals surface area contributed by atoms with Gasteiger partial charge in [0.1, 0.15) is 0 Å². The average molecular weight is 392 g/mol. The number of fused-ring (bicyclic) bond motifs is 1. The van der Waals surface area contributed by atoms with Gasteiger partial charge in [-0.05, 0) is 67.4 Å². The summed E-state index contributed by atoms with van der Waals surface area (Å²) in [6.07, 6.45) is 10.3. The number of aryl methyl sites for hydroxylation is 1. The smallest absolute Gasteiger partial charge is 0.250 e. The molecule has 2 aliphatic carbocycles. The summed E-state index contributed by atoms with van der Waals surface area (Å²) in [5.74, 6) is -0.380. The maximum Gasteiger partial charge on any atom is 0.250 e. The van der Waals surface area contributed by atoms with Crippen molar-refractivity contribution >= 4 is 17.2 Å². The molecule has 29 heavy (non-hydrogen) atoms. The van der Waals surface area contributed by atoms with Crippen LogP contribution >= 0.6 is 0 Å². The van der Waals surface area contributed by atoms with Crippen molar-refractivity contribution in [2.24, 2.45) is 11.1 Å². The van der Waals surface area contributed by atoms with Crippen molar-refractivity contribution in [1.29, 1.82) is 0 Å². The van der Waals surface area contributed by atoms with Crippen LogP contribution in [-0.4, -0.2) is 16.5 Å². The first-order chi connectivity index (χ1) is 13.7. The zero-order valence-electron chi connectivity index (χ0n) is 18.0. The molecular weight excluding hydrogens is 358 g/mol. The van der Waals surface area contributed by atoms with Gasteiger partial charge in [-0.3, -0.25) is 4.79 Å². The molecule has 1 amide bonds. The van der Waals surface area contributed by atoms with Gasteiger partial charge in [-0.15, -0.1) is 0 Å². The molecule has 2 aromatic rings. The van der Waals surface area contributed by atoms with Crippen LogP contribution in [0.4, 0.5) is 5.69 Å². The van der Waals surface area contributed by atoms with Crippen molar-refractivity contribution in [1.82, 2.24) is 4.57 Å². The Morgan fingerprint density at radius 1 is 1.21 bits per heavy atom. The number of rotatable bonds is 4. The van der Waals surface area contributed by atoms with Crippen molar-refractivity contribution in [3.8, 4) is 5.69 Å². The molecular formula is C25H33N3O. The maximum absolute atomic E-state index is 12.0. The number of anilines is 1. The van der Waals surface area contributed by atoms with E-state index >= 15 is 0 Å². The van der Waals surface area contributed by atoms with Crippen LogP contribution in [0.25, 0.3) is 11.3 Å². The summed E-state index contributed by atoms with van der Waals surface area (Å²) >= 11 is 0. The van der Waals surface area contributed by atoms with E-state index in [2.05, 4.69) is 49.5 Å². The molecule has 1 aromatic heterocycles. The van der Waals surface area contributed by atoms with Crippen LogP contribution in [0.2, 0.25) is 0 Å². The number of primary amides is 1. The lowest BCUT2D eigenvalue weighted by Gasteiger charge is -2.32. The Bertz CT molecular complexity index is 961. The van der Waals surface area contributed by atoms with Gasteiger partial charge in [0.15, 0.2) is 0 Å². The first-order valence-electron chi connectivity index (χ1n) is 10.8. The molecule has 0 unspecified atom stereocenters. The minimum atomic E-state index is -0.380. The van der Waals surface area contributed by atoms with Crippen molar-refractivity contribution in [3.63, 3.8) is 0 Å². The molecule has 4 heteroatoms. The molecule has 1 heterocycles. The lowest BCUT2D eigenvalue weighted by molar-refractivity contribution is 0.100. The Morgan fingerprint density at radius 2 is 1.93 bits per heavy atom. The first-order valence-corrected chi connectivity index (χ1v) is 10.8. The van der Waals surface area contributed by atoms with Crippen LogP contribution in [0.3, 0.4) is 0 Å². The van der Waals surface area contributed by atoms with Crippen molar-refractivity contribution in [2.75, 3.05) is 5.32 Å². The molecule has 1 fully saturated rings. The zero-order valence-corrected chi connectivity index (χ0v) is 18.0. The highest BCUT2D eigenvalue weighted by Gasteiger charge is 2.31. The maximum atomic E-state index is 12.0. The number of hydrogen-bond donors (Lipinski definition) is 2. The second-order valence-corrected chi connectivity index (χ2v) is 9.70. The SMILES string of the molecule is C=C1CC(C)(C)Cc2c1c(C)cn2-c1ccc(C(N)=O)c(NC2CCCCC2)c1. The summed E-state index contributed by atoms with van der Waals surface area (Å²) in [7, 11) is 0. The number of amides is 1. The summed E-state index contributed by atoms with van der Waals surface area (Å²) in [5, 5.41) is 3.62. The van der Waals surface area contributed by atoms with Crippen LogP contribution in [0, 0.1) is 12.3 Å². The summed E-state index contributed by atoms with van der Waals surface area (Å²) in [5.41, 5.74) is 13.5. The molecule has 0 saturated heterocycles. The minimum absolute atomic E-state index is 0.197. The van der Waals surface area contributed by atoms with Gasteiger partial charge in [-0.25, -0.2) is 0 Å². The van der Waals surface area contributed by atoms with E-state index in [9.17, 15) is 4.79 Å². The number of nitrogens with zero attached hydrogens (tertiary/aromatic N) is 1. The summed E-state index contributed by atoms with van der Waals surface area (Å²) in [6.45, 7) is 11.1. The second kappa shape index (κ2) is 7.40. The largest absolute Gasteiger partial charge is 0.382 e. The number of allylic oxidation sites excluding steroid dienone is 1. The predicted octanol–water partition coefficient (Wildman–Crippen LogP) is 5.61. The van der Waals surface area contributed by atoms with E-state index in [1.807, 2.05) is 12.1 Å². The van der Waals surface area contributed by atoms with Crippen molar-refractivity contribution in [2.45, 2.75) is 71.8 Å². The lowest BCUT2D eigenvalue weighted by Crippen LogP contribution is -2.25. The molecule has 0 aliphatic heterocycles. The Balaban J connectivity index is 1.76. The summed E-state index contributed by atoms with van der Waals surface area (Å²) in [4.78, 5) is 12.0. The molecule has 3 N–H and O–H groups in total. The third-order valence-corrected chi connectivity index (χ3v) is 6.50. The highest BCUT2D eigenvalue weighted by atomic mass is 16.1. The van der Waals surface area contributed by atoms with Gasteiger partial charge in [-0.2, -0.15) is 0 Å². The van der Waals surface area contributed by atoms with Crippen LogP contribution < -0.4 is 11.1 Å². The number of carbonyl (C=O) groups is 1. The number of benzene rings is 1. The minimum Gasteiger partial charge on any atom is -0.382 e. The Morgan fingerprint density at radius 3 is 2.62 bits per heavy atom. The number of nitrogens with two attached hydrogens (primary N) is 1. The van der Waals surface area contributed by atoms with E-state index in [-0.39, 0.29) is 11.3 Å². The van der Waals surface area contributed by atoms with Gasteiger partial charge in [0.2, 0.25) is 0 Å². The Hall–Kier alpha value is -2.49. The number of nitrogens with one attached hydrogen (secondary N) is 1. The van der Waals surface area contributed by atoms with Crippen molar-refractivity contribution in [3.05, 3.63) is 53.4 Å². The molecule has 0 radical (unpaired) electrons. The molecule has 4 rings (SSSR count). The Labute approximate surface area is 174 Å². The van der Waals surface area contributed by atoms with Gasteiger partial charge in [0.25, 0.3) is 5.91 Å². The standard InChI is InChI=1S/C25H33N3O/c1-16-13-25(3,4)14-22-23(16)17(2)15-28(22)19-10-11-20(24(26)29)21(12-19)27-18-8-6-5-7-9-18/h10-12,15,18,27H,1,5-9,13-14H2,2-4H3,(H2,26,29). The molecule has 0 atom stereocenters. The van der Waals surface area contributed by atoms with Gasteiger partial charge in [0.05, 0.1) is 5.56 Å². The van der Waals surface area contributed by atoms with E-state index in [1.54, 1.807) is 0 Å². The molecule has 154 valence electrons. The quantitative estimate of drug-likeness (QED) is 0.711. The highest BCUT2D eigenvalue weighted by Crippen LogP contribution is 2.43. The molecule has 2 aliphatic rings. The fourth-order valence-electron chi connectivity index (χ4n) is 5.24. The van der Waals surface area contributed by atoms with E-state index in [0.717, 1.165) is 37.1 Å². The Kier molecular flexibility index (Phi) is 5.05. The number of hydrogen-bond acceptors (Lipinski definition) is 2. The van der Waals surface area contributed by atoms with Crippen LogP contribution in [-0.2, 0) is 6.42 Å². The third kappa shape index (κ3) is 3.85. The van der Waals surface area contributed by atoms with Gasteiger partial charge in [0, 0.05) is 34.9 Å². The van der Waals surface area contributed by atoms with Crippen LogP contribution in [0.1, 0.15) is 79.6 Å². The zero-order chi connectivity index (χ0) is 20.8. The van der Waals surface area contributed by atoms with E-state index in [4.69, 9.17) is 5.73 Å². The topological polar surface area (TPSA) is 60.0 Å². The van der Waals surface area contributed by atoms with E-state index < -0.39 is 0 Å². The number of carbonyl (C=O) groups excluding carboxylic acids is 1. The first kappa shape index (κ1) is 19.8.